The number of hydrogen-bond donors (Lipinski definition) is 1. The molecule has 0 spiro atoms. The summed E-state index contributed by atoms with van der Waals surface area (Å²) in [5.74, 6) is 0. The Morgan fingerprint density at radius 3 is 2.67 bits per heavy atom. The van der Waals surface area contributed by atoms with E-state index >= 15 is 0 Å². The third kappa shape index (κ3) is 3.76. The zero-order valence-electron chi connectivity index (χ0n) is 11.0. The second kappa shape index (κ2) is 5.86. The molecule has 0 saturated carbocycles. The first kappa shape index (κ1) is 13.0. The lowest BCUT2D eigenvalue weighted by molar-refractivity contribution is 0.112. The summed E-state index contributed by atoms with van der Waals surface area (Å²) in [6.45, 7) is 13.0. The van der Waals surface area contributed by atoms with E-state index in [1.165, 1.54) is 45.3 Å². The third-order valence-corrected chi connectivity index (χ3v) is 3.84. The molecule has 1 atom stereocenters. The molecule has 1 fully saturated rings. The van der Waals surface area contributed by atoms with E-state index < -0.39 is 0 Å². The van der Waals surface area contributed by atoms with Crippen molar-refractivity contribution in [3.8, 4) is 0 Å². The minimum absolute atomic E-state index is 0.373. The average Bonchev–Trinajstić information content (AvgIpc) is 2.44. The van der Waals surface area contributed by atoms with Crippen LogP contribution in [0.4, 0.5) is 0 Å². The van der Waals surface area contributed by atoms with Gasteiger partial charge in [0.2, 0.25) is 0 Å². The molecule has 0 bridgehead atoms. The molecule has 2 heteroatoms. The minimum atomic E-state index is 0.373. The van der Waals surface area contributed by atoms with Crippen LogP contribution in [0.3, 0.4) is 0 Å². The number of rotatable bonds is 4. The fourth-order valence-electron chi connectivity index (χ4n) is 2.31. The standard InChI is InChI=1S/C13H28N2/c1-5-8-12-11-15(10-7-9-14-12)13(3,4)6-2/h12,14H,5-11H2,1-4H3. The third-order valence-electron chi connectivity index (χ3n) is 3.84. The van der Waals surface area contributed by atoms with Crippen LogP contribution in [0.25, 0.3) is 0 Å². The molecule has 1 aliphatic heterocycles. The van der Waals surface area contributed by atoms with Crippen LogP contribution in [0, 0.1) is 0 Å². The Labute approximate surface area is 95.4 Å². The predicted octanol–water partition coefficient (Wildman–Crippen LogP) is 2.64. The predicted molar refractivity (Wildman–Crippen MR) is 67.3 cm³/mol. The van der Waals surface area contributed by atoms with Crippen molar-refractivity contribution in [2.75, 3.05) is 19.6 Å². The van der Waals surface area contributed by atoms with E-state index in [2.05, 4.69) is 37.9 Å². The summed E-state index contributed by atoms with van der Waals surface area (Å²) in [7, 11) is 0. The van der Waals surface area contributed by atoms with Gasteiger partial charge in [-0.1, -0.05) is 20.3 Å². The molecular formula is C13H28N2. The Balaban J connectivity index is 2.56. The summed E-state index contributed by atoms with van der Waals surface area (Å²) in [5, 5.41) is 3.67. The zero-order valence-corrected chi connectivity index (χ0v) is 11.0. The van der Waals surface area contributed by atoms with Crippen molar-refractivity contribution < 1.29 is 0 Å². The minimum Gasteiger partial charge on any atom is -0.313 e. The molecule has 90 valence electrons. The quantitative estimate of drug-likeness (QED) is 0.770. The molecule has 1 rings (SSSR count). The molecule has 0 aromatic carbocycles. The van der Waals surface area contributed by atoms with Gasteiger partial charge in [0, 0.05) is 18.1 Å². The Kier molecular flexibility index (Phi) is 5.07. The Hall–Kier alpha value is -0.0800. The summed E-state index contributed by atoms with van der Waals surface area (Å²) < 4.78 is 0. The van der Waals surface area contributed by atoms with Crippen molar-refractivity contribution in [2.24, 2.45) is 0 Å². The smallest absolute Gasteiger partial charge is 0.0195 e. The molecule has 1 aliphatic rings. The average molecular weight is 212 g/mol. The summed E-state index contributed by atoms with van der Waals surface area (Å²) in [6, 6.07) is 0.711. The van der Waals surface area contributed by atoms with Crippen molar-refractivity contribution in [2.45, 2.75) is 65.0 Å². The molecule has 1 heterocycles. The van der Waals surface area contributed by atoms with E-state index in [-0.39, 0.29) is 0 Å². The van der Waals surface area contributed by atoms with Gasteiger partial charge in [-0.2, -0.15) is 0 Å². The van der Waals surface area contributed by atoms with Crippen LogP contribution < -0.4 is 5.32 Å². The molecule has 0 aliphatic carbocycles. The van der Waals surface area contributed by atoms with Gasteiger partial charge in [-0.3, -0.25) is 4.90 Å². The highest BCUT2D eigenvalue weighted by atomic mass is 15.2. The molecule has 0 amide bonds. The van der Waals surface area contributed by atoms with E-state index in [4.69, 9.17) is 0 Å². The zero-order chi connectivity index (χ0) is 11.3. The Morgan fingerprint density at radius 1 is 1.33 bits per heavy atom. The molecule has 0 aromatic rings. The normalized spacial score (nSPS) is 25.2. The van der Waals surface area contributed by atoms with E-state index in [9.17, 15) is 0 Å². The lowest BCUT2D eigenvalue weighted by atomic mass is 9.98. The molecule has 0 aromatic heterocycles. The SMILES string of the molecule is CCCC1CN(C(C)(C)CC)CCCN1. The fraction of sp³-hybridized carbons (Fsp3) is 1.00. The van der Waals surface area contributed by atoms with Crippen molar-refractivity contribution >= 4 is 0 Å². The van der Waals surface area contributed by atoms with Gasteiger partial charge in [0.25, 0.3) is 0 Å². The van der Waals surface area contributed by atoms with Gasteiger partial charge < -0.3 is 5.32 Å². The van der Waals surface area contributed by atoms with Gasteiger partial charge in [0.1, 0.15) is 0 Å². The molecule has 15 heavy (non-hydrogen) atoms. The van der Waals surface area contributed by atoms with E-state index in [1.807, 2.05) is 0 Å². The first-order valence-electron chi connectivity index (χ1n) is 6.58. The van der Waals surface area contributed by atoms with Crippen LogP contribution in [0.1, 0.15) is 53.4 Å². The van der Waals surface area contributed by atoms with Gasteiger partial charge in [0.05, 0.1) is 0 Å². The largest absolute Gasteiger partial charge is 0.313 e. The first-order chi connectivity index (χ1) is 7.10. The maximum absolute atomic E-state index is 3.67. The second-order valence-electron chi connectivity index (χ2n) is 5.41. The van der Waals surface area contributed by atoms with Gasteiger partial charge in [-0.25, -0.2) is 0 Å². The second-order valence-corrected chi connectivity index (χ2v) is 5.41. The monoisotopic (exact) mass is 212 g/mol. The Morgan fingerprint density at radius 2 is 2.07 bits per heavy atom. The van der Waals surface area contributed by atoms with Crippen molar-refractivity contribution in [3.63, 3.8) is 0 Å². The number of hydrogen-bond acceptors (Lipinski definition) is 2. The molecule has 1 saturated heterocycles. The van der Waals surface area contributed by atoms with Gasteiger partial charge >= 0.3 is 0 Å². The fourth-order valence-corrected chi connectivity index (χ4v) is 2.31. The number of nitrogens with one attached hydrogen (secondary N) is 1. The summed E-state index contributed by atoms with van der Waals surface area (Å²) in [5.41, 5.74) is 0.373. The summed E-state index contributed by atoms with van der Waals surface area (Å²) >= 11 is 0. The summed E-state index contributed by atoms with van der Waals surface area (Å²) in [4.78, 5) is 2.67. The maximum Gasteiger partial charge on any atom is 0.0195 e. The summed E-state index contributed by atoms with van der Waals surface area (Å²) in [6.07, 6.45) is 5.14. The van der Waals surface area contributed by atoms with Crippen LogP contribution in [-0.2, 0) is 0 Å². The van der Waals surface area contributed by atoms with E-state index in [1.54, 1.807) is 0 Å². The lowest BCUT2D eigenvalue weighted by Gasteiger charge is -2.38. The first-order valence-corrected chi connectivity index (χ1v) is 6.58. The van der Waals surface area contributed by atoms with E-state index in [0.717, 1.165) is 0 Å². The van der Waals surface area contributed by atoms with E-state index in [0.29, 0.717) is 11.6 Å². The maximum atomic E-state index is 3.67. The highest BCUT2D eigenvalue weighted by Gasteiger charge is 2.27. The van der Waals surface area contributed by atoms with Crippen LogP contribution in [0.2, 0.25) is 0 Å². The Bertz CT molecular complexity index is 177. The van der Waals surface area contributed by atoms with Crippen LogP contribution in [0.15, 0.2) is 0 Å². The van der Waals surface area contributed by atoms with Crippen LogP contribution in [0.5, 0.6) is 0 Å². The number of nitrogens with zero attached hydrogens (tertiary/aromatic N) is 1. The van der Waals surface area contributed by atoms with Crippen molar-refractivity contribution in [1.82, 2.24) is 10.2 Å². The molecule has 1 N–H and O–H groups in total. The highest BCUT2D eigenvalue weighted by Crippen LogP contribution is 2.21. The lowest BCUT2D eigenvalue weighted by Crippen LogP contribution is -2.48. The van der Waals surface area contributed by atoms with Gasteiger partial charge in [-0.15, -0.1) is 0 Å². The highest BCUT2D eigenvalue weighted by molar-refractivity contribution is 4.86. The van der Waals surface area contributed by atoms with Gasteiger partial charge in [0.15, 0.2) is 0 Å². The van der Waals surface area contributed by atoms with Crippen molar-refractivity contribution in [3.05, 3.63) is 0 Å². The van der Waals surface area contributed by atoms with Crippen LogP contribution in [-0.4, -0.2) is 36.1 Å². The molecule has 0 radical (unpaired) electrons. The molecular weight excluding hydrogens is 184 g/mol. The molecule has 2 nitrogen and oxygen atoms in total. The van der Waals surface area contributed by atoms with Crippen LogP contribution >= 0.6 is 0 Å². The molecule has 1 unspecified atom stereocenters. The van der Waals surface area contributed by atoms with Gasteiger partial charge in [-0.05, 0) is 46.2 Å². The van der Waals surface area contributed by atoms with Crippen molar-refractivity contribution in [1.29, 1.82) is 0 Å². The topological polar surface area (TPSA) is 15.3 Å².